The summed E-state index contributed by atoms with van der Waals surface area (Å²) in [5.41, 5.74) is 0.784. The third-order valence-corrected chi connectivity index (χ3v) is 5.09. The first-order chi connectivity index (χ1) is 10.0. The number of halogens is 1. The molecule has 1 aliphatic carbocycles. The van der Waals surface area contributed by atoms with Gasteiger partial charge in [0.1, 0.15) is 0 Å². The van der Waals surface area contributed by atoms with Gasteiger partial charge in [0.15, 0.2) is 0 Å². The van der Waals surface area contributed by atoms with E-state index in [9.17, 15) is 14.9 Å². The van der Waals surface area contributed by atoms with Crippen LogP contribution >= 0.6 is 15.9 Å². The largest absolute Gasteiger partial charge is 0.348 e. The van der Waals surface area contributed by atoms with E-state index in [0.717, 1.165) is 25.7 Å². The summed E-state index contributed by atoms with van der Waals surface area (Å²) in [6.45, 7) is 1.62. The van der Waals surface area contributed by atoms with Crippen molar-refractivity contribution in [1.29, 1.82) is 0 Å². The molecule has 114 valence electrons. The van der Waals surface area contributed by atoms with Gasteiger partial charge in [0.25, 0.3) is 11.6 Å². The average molecular weight is 355 g/mol. The Morgan fingerprint density at radius 2 is 2.05 bits per heavy atom. The second-order valence-electron chi connectivity index (χ2n) is 5.44. The molecule has 6 heteroatoms. The van der Waals surface area contributed by atoms with Crippen LogP contribution in [0.1, 0.15) is 48.0 Å². The second kappa shape index (κ2) is 7.02. The predicted octanol–water partition coefficient (Wildman–Crippen LogP) is 3.73. The lowest BCUT2D eigenvalue weighted by molar-refractivity contribution is -0.385. The van der Waals surface area contributed by atoms with Crippen molar-refractivity contribution in [3.63, 3.8) is 0 Å². The van der Waals surface area contributed by atoms with Crippen molar-refractivity contribution in [3.05, 3.63) is 39.4 Å². The fourth-order valence-electron chi connectivity index (χ4n) is 2.74. The Hall–Kier alpha value is -1.43. The van der Waals surface area contributed by atoms with Gasteiger partial charge < -0.3 is 5.32 Å². The van der Waals surface area contributed by atoms with Gasteiger partial charge >= 0.3 is 0 Å². The number of nitrogens with zero attached hydrogens (tertiary/aromatic N) is 1. The molecule has 2 rings (SSSR count). The number of nitro groups is 1. The zero-order valence-corrected chi connectivity index (χ0v) is 13.6. The summed E-state index contributed by atoms with van der Waals surface area (Å²) in [5.74, 6) is -0.229. The quantitative estimate of drug-likeness (QED) is 0.389. The van der Waals surface area contributed by atoms with Crippen molar-refractivity contribution in [1.82, 2.24) is 5.32 Å². The molecular formula is C15H19BrN2O3. The number of alkyl halides is 1. The molecule has 0 aliphatic heterocycles. The van der Waals surface area contributed by atoms with Crippen LogP contribution in [-0.4, -0.2) is 21.7 Å². The van der Waals surface area contributed by atoms with E-state index < -0.39 is 4.92 Å². The molecule has 0 heterocycles. The van der Waals surface area contributed by atoms with Gasteiger partial charge in [-0.2, -0.15) is 0 Å². The number of hydrogen-bond donors (Lipinski definition) is 1. The Balaban J connectivity index is 2.16. The highest BCUT2D eigenvalue weighted by Crippen LogP contribution is 2.25. The molecule has 1 fully saturated rings. The summed E-state index contributed by atoms with van der Waals surface area (Å²) in [5, 5.41) is 14.0. The maximum absolute atomic E-state index is 12.4. The van der Waals surface area contributed by atoms with E-state index in [1.54, 1.807) is 19.1 Å². The molecule has 0 bridgehead atoms. The molecule has 1 N–H and O–H groups in total. The minimum Gasteiger partial charge on any atom is -0.348 e. The summed E-state index contributed by atoms with van der Waals surface area (Å²) >= 11 is 3.64. The lowest BCUT2D eigenvalue weighted by Gasteiger charge is -2.21. The van der Waals surface area contributed by atoms with E-state index >= 15 is 0 Å². The molecule has 1 aromatic carbocycles. The molecule has 1 amide bonds. The summed E-state index contributed by atoms with van der Waals surface area (Å²) in [6.07, 6.45) is 5.43. The van der Waals surface area contributed by atoms with Crippen molar-refractivity contribution >= 4 is 27.5 Å². The zero-order valence-electron chi connectivity index (χ0n) is 12.0. The van der Waals surface area contributed by atoms with Gasteiger partial charge in [-0.05, 0) is 25.8 Å². The predicted molar refractivity (Wildman–Crippen MR) is 84.9 cm³/mol. The standard InChI is InChI=1S/C15H19BrN2O3/c1-10-11(6-5-9-14(10)18(20)21)15(19)17-13-8-4-2-3-7-12(13)16/h5-6,9,12-13H,2-4,7-8H2,1H3,(H,17,19). The molecule has 2 unspecified atom stereocenters. The molecular weight excluding hydrogens is 336 g/mol. The van der Waals surface area contributed by atoms with Crippen molar-refractivity contribution in [2.24, 2.45) is 0 Å². The third kappa shape index (κ3) is 3.81. The van der Waals surface area contributed by atoms with Crippen molar-refractivity contribution < 1.29 is 9.72 Å². The van der Waals surface area contributed by atoms with Crippen molar-refractivity contribution in [2.75, 3.05) is 0 Å². The summed E-state index contributed by atoms with van der Waals surface area (Å²) in [7, 11) is 0. The number of benzene rings is 1. The van der Waals surface area contributed by atoms with Gasteiger partial charge in [0.05, 0.1) is 4.92 Å². The minimum atomic E-state index is -0.453. The molecule has 1 saturated carbocycles. The van der Waals surface area contributed by atoms with Crippen LogP contribution in [-0.2, 0) is 0 Å². The van der Waals surface area contributed by atoms with Gasteiger partial charge in [-0.3, -0.25) is 14.9 Å². The van der Waals surface area contributed by atoms with Gasteiger partial charge in [0.2, 0.25) is 0 Å². The molecule has 1 aromatic rings. The van der Waals surface area contributed by atoms with E-state index in [1.165, 1.54) is 12.5 Å². The molecule has 0 spiro atoms. The highest BCUT2D eigenvalue weighted by molar-refractivity contribution is 9.09. The van der Waals surface area contributed by atoms with E-state index in [2.05, 4.69) is 21.2 Å². The number of amides is 1. The monoisotopic (exact) mass is 354 g/mol. The molecule has 5 nitrogen and oxygen atoms in total. The summed E-state index contributed by atoms with van der Waals surface area (Å²) < 4.78 is 0. The smallest absolute Gasteiger partial charge is 0.273 e. The minimum absolute atomic E-state index is 0.0149. The van der Waals surface area contributed by atoms with Crippen LogP contribution in [0, 0.1) is 17.0 Å². The zero-order chi connectivity index (χ0) is 15.4. The fourth-order valence-corrected chi connectivity index (χ4v) is 3.46. The number of rotatable bonds is 3. The normalized spacial score (nSPS) is 22.4. The van der Waals surface area contributed by atoms with Gasteiger partial charge in [-0.1, -0.05) is 41.3 Å². The van der Waals surface area contributed by atoms with E-state index in [1.807, 2.05) is 0 Å². The van der Waals surface area contributed by atoms with E-state index in [0.29, 0.717) is 11.1 Å². The molecule has 0 saturated heterocycles. The van der Waals surface area contributed by atoms with Crippen LogP contribution in [0.15, 0.2) is 18.2 Å². The first-order valence-electron chi connectivity index (χ1n) is 7.19. The van der Waals surface area contributed by atoms with Gasteiger partial charge in [-0.25, -0.2) is 0 Å². The first kappa shape index (κ1) is 15.9. The number of hydrogen-bond acceptors (Lipinski definition) is 3. The van der Waals surface area contributed by atoms with Crippen molar-refractivity contribution in [2.45, 2.75) is 49.9 Å². The van der Waals surface area contributed by atoms with Crippen LogP contribution < -0.4 is 5.32 Å². The molecule has 1 aliphatic rings. The SMILES string of the molecule is Cc1c(C(=O)NC2CCCCCC2Br)cccc1[N+](=O)[O-]. The molecule has 21 heavy (non-hydrogen) atoms. The van der Waals surface area contributed by atoms with Crippen LogP contribution in [0.4, 0.5) is 5.69 Å². The second-order valence-corrected chi connectivity index (χ2v) is 6.62. The van der Waals surface area contributed by atoms with Gasteiger partial charge in [0, 0.05) is 28.1 Å². The highest BCUT2D eigenvalue weighted by Gasteiger charge is 2.25. The Bertz CT molecular complexity index is 548. The lowest BCUT2D eigenvalue weighted by atomic mass is 10.0. The fraction of sp³-hybridized carbons (Fsp3) is 0.533. The van der Waals surface area contributed by atoms with Crippen LogP contribution in [0.25, 0.3) is 0 Å². The summed E-state index contributed by atoms with van der Waals surface area (Å²) in [6, 6.07) is 4.69. The van der Waals surface area contributed by atoms with Crippen LogP contribution in [0.5, 0.6) is 0 Å². The van der Waals surface area contributed by atoms with Gasteiger partial charge in [-0.15, -0.1) is 0 Å². The van der Waals surface area contributed by atoms with Crippen LogP contribution in [0.2, 0.25) is 0 Å². The number of nitrogens with one attached hydrogen (secondary N) is 1. The Morgan fingerprint density at radius 1 is 1.33 bits per heavy atom. The average Bonchev–Trinajstić information content (AvgIpc) is 2.64. The Morgan fingerprint density at radius 3 is 2.76 bits per heavy atom. The number of carbonyl (C=O) groups is 1. The number of carbonyl (C=O) groups excluding carboxylic acids is 1. The number of nitro benzene ring substituents is 1. The Labute approximate surface area is 132 Å². The first-order valence-corrected chi connectivity index (χ1v) is 8.11. The lowest BCUT2D eigenvalue weighted by Crippen LogP contribution is -2.40. The summed E-state index contributed by atoms with van der Waals surface area (Å²) in [4.78, 5) is 23.2. The molecule has 0 radical (unpaired) electrons. The highest BCUT2D eigenvalue weighted by atomic mass is 79.9. The maximum Gasteiger partial charge on any atom is 0.273 e. The topological polar surface area (TPSA) is 72.2 Å². The van der Waals surface area contributed by atoms with Crippen LogP contribution in [0.3, 0.4) is 0 Å². The van der Waals surface area contributed by atoms with Crippen molar-refractivity contribution in [3.8, 4) is 0 Å². The van der Waals surface area contributed by atoms with E-state index in [-0.39, 0.29) is 22.5 Å². The third-order valence-electron chi connectivity index (χ3n) is 3.99. The van der Waals surface area contributed by atoms with E-state index in [4.69, 9.17) is 0 Å². The molecule has 0 aromatic heterocycles. The maximum atomic E-state index is 12.4. The molecule has 2 atom stereocenters. The Kier molecular flexibility index (Phi) is 5.33.